The predicted molar refractivity (Wildman–Crippen MR) is 192 cm³/mol. The molecular weight excluding hydrogens is 617 g/mol. The molecule has 0 aromatic heterocycles. The van der Waals surface area contributed by atoms with E-state index in [1.54, 1.807) is 0 Å². The van der Waals surface area contributed by atoms with Gasteiger partial charge in [-0.3, -0.25) is 18.6 Å². The molecule has 0 saturated heterocycles. The summed E-state index contributed by atoms with van der Waals surface area (Å²) in [4.78, 5) is 34.6. The summed E-state index contributed by atoms with van der Waals surface area (Å²) < 4.78 is 32.6. The molecule has 0 aliphatic rings. The molecule has 276 valence electrons. The predicted octanol–water partition coefficient (Wildman–Crippen LogP) is 10.0. The average molecular weight is 688 g/mol. The van der Waals surface area contributed by atoms with Gasteiger partial charge in [0, 0.05) is 19.4 Å². The van der Waals surface area contributed by atoms with Crippen LogP contribution in [0.15, 0.2) is 24.3 Å². The van der Waals surface area contributed by atoms with Crippen molar-refractivity contribution in [3.8, 4) is 0 Å². The smallest absolute Gasteiger partial charge is 0.462 e. The van der Waals surface area contributed by atoms with Gasteiger partial charge in [-0.05, 0) is 57.8 Å². The van der Waals surface area contributed by atoms with Crippen molar-refractivity contribution in [3.63, 3.8) is 0 Å². The Kier molecular flexibility index (Phi) is 33.3. The zero-order valence-electron chi connectivity index (χ0n) is 30.0. The Labute approximate surface area is 287 Å². The molecule has 47 heavy (non-hydrogen) atoms. The molecule has 3 N–H and O–H groups in total. The highest BCUT2D eigenvalue weighted by atomic mass is 31.2. The van der Waals surface area contributed by atoms with Gasteiger partial charge >= 0.3 is 19.8 Å². The molecule has 0 aliphatic carbocycles. The zero-order chi connectivity index (χ0) is 34.7. The Morgan fingerprint density at radius 2 is 1.06 bits per heavy atom. The van der Waals surface area contributed by atoms with E-state index in [9.17, 15) is 19.0 Å². The van der Waals surface area contributed by atoms with Crippen LogP contribution in [0.5, 0.6) is 0 Å². The first-order valence-electron chi connectivity index (χ1n) is 18.8. The fraction of sp³-hybridized carbons (Fsp3) is 0.838. The van der Waals surface area contributed by atoms with E-state index in [0.717, 1.165) is 77.0 Å². The molecule has 0 aromatic rings. The molecule has 0 aliphatic heterocycles. The number of hydrogen-bond donors (Lipinski definition) is 2. The van der Waals surface area contributed by atoms with Gasteiger partial charge in [-0.2, -0.15) is 0 Å². The first kappa shape index (κ1) is 45.5. The van der Waals surface area contributed by atoms with Crippen LogP contribution >= 0.6 is 7.82 Å². The highest BCUT2D eigenvalue weighted by Gasteiger charge is 2.25. The third-order valence-corrected chi connectivity index (χ3v) is 8.79. The number of carbonyl (C=O) groups is 2. The topological polar surface area (TPSA) is 134 Å². The summed E-state index contributed by atoms with van der Waals surface area (Å²) >= 11 is 0. The summed E-state index contributed by atoms with van der Waals surface area (Å²) in [6, 6.07) is 0. The molecule has 0 aromatic carbocycles. The molecule has 1 unspecified atom stereocenters. The largest absolute Gasteiger partial charge is 0.472 e. The quantitative estimate of drug-likeness (QED) is 0.0289. The van der Waals surface area contributed by atoms with E-state index in [1.165, 1.54) is 57.8 Å². The van der Waals surface area contributed by atoms with Crippen LogP contribution in [0.4, 0.5) is 0 Å². The van der Waals surface area contributed by atoms with Gasteiger partial charge in [0.1, 0.15) is 6.61 Å². The van der Waals surface area contributed by atoms with Crippen molar-refractivity contribution in [2.24, 2.45) is 5.73 Å². The number of phosphoric ester groups is 1. The van der Waals surface area contributed by atoms with Crippen molar-refractivity contribution in [2.45, 2.75) is 174 Å². The van der Waals surface area contributed by atoms with Gasteiger partial charge in [-0.25, -0.2) is 4.57 Å². The van der Waals surface area contributed by atoms with E-state index in [0.29, 0.717) is 6.42 Å². The number of rotatable bonds is 35. The summed E-state index contributed by atoms with van der Waals surface area (Å²) in [5.41, 5.74) is 5.32. The molecule has 0 radical (unpaired) electrons. The van der Waals surface area contributed by atoms with Gasteiger partial charge < -0.3 is 20.1 Å². The summed E-state index contributed by atoms with van der Waals surface area (Å²) in [6.07, 6.45) is 33.5. The van der Waals surface area contributed by atoms with Crippen LogP contribution in [0.3, 0.4) is 0 Å². The van der Waals surface area contributed by atoms with E-state index < -0.39 is 32.5 Å². The highest BCUT2D eigenvalue weighted by Crippen LogP contribution is 2.43. The van der Waals surface area contributed by atoms with Crippen LogP contribution < -0.4 is 5.73 Å². The fourth-order valence-corrected chi connectivity index (χ4v) is 5.73. The van der Waals surface area contributed by atoms with E-state index in [1.807, 2.05) is 0 Å². The molecule has 0 saturated carbocycles. The lowest BCUT2D eigenvalue weighted by molar-refractivity contribution is -0.161. The maximum Gasteiger partial charge on any atom is 0.472 e. The summed E-state index contributed by atoms with van der Waals surface area (Å²) in [5.74, 6) is -0.850. The van der Waals surface area contributed by atoms with Crippen LogP contribution in [0.25, 0.3) is 0 Å². The van der Waals surface area contributed by atoms with Crippen molar-refractivity contribution in [1.29, 1.82) is 0 Å². The van der Waals surface area contributed by atoms with Crippen LogP contribution in [-0.2, 0) is 32.7 Å². The van der Waals surface area contributed by atoms with E-state index >= 15 is 0 Å². The second-order valence-electron chi connectivity index (χ2n) is 12.4. The Hall–Kier alpha value is -1.51. The number of unbranched alkanes of at least 4 members (excludes halogenated alkanes) is 18. The lowest BCUT2D eigenvalue weighted by Gasteiger charge is -2.19. The molecular formula is C37H70NO8P. The molecule has 0 spiro atoms. The number of phosphoric acid groups is 1. The number of nitrogens with two attached hydrogens (primary N) is 1. The highest BCUT2D eigenvalue weighted by molar-refractivity contribution is 7.47. The molecule has 2 atom stereocenters. The number of carbonyl (C=O) groups excluding carboxylic acids is 2. The SMILES string of the molecule is CCCC/C=C/CCCCCCCC(=O)OC[C@H](COP(=O)(O)OCCN)OC(=O)CCCCCCC/C=C/CCCCCCCC. The van der Waals surface area contributed by atoms with Crippen molar-refractivity contribution in [2.75, 3.05) is 26.4 Å². The molecule has 0 bridgehead atoms. The van der Waals surface area contributed by atoms with Crippen molar-refractivity contribution < 1.29 is 37.6 Å². The van der Waals surface area contributed by atoms with Gasteiger partial charge in [0.05, 0.1) is 13.2 Å². The molecule has 9 nitrogen and oxygen atoms in total. The summed E-state index contributed by atoms with van der Waals surface area (Å²) in [6.45, 7) is 3.65. The maximum absolute atomic E-state index is 12.5. The van der Waals surface area contributed by atoms with Crippen LogP contribution in [0.1, 0.15) is 168 Å². The lowest BCUT2D eigenvalue weighted by atomic mass is 10.1. The minimum Gasteiger partial charge on any atom is -0.462 e. The Morgan fingerprint density at radius 1 is 0.617 bits per heavy atom. The van der Waals surface area contributed by atoms with Gasteiger partial charge in [0.2, 0.25) is 0 Å². The van der Waals surface area contributed by atoms with E-state index in [-0.39, 0.29) is 32.6 Å². The summed E-state index contributed by atoms with van der Waals surface area (Å²) in [5, 5.41) is 0. The molecule has 0 heterocycles. The van der Waals surface area contributed by atoms with Gasteiger partial charge in [0.25, 0.3) is 0 Å². The van der Waals surface area contributed by atoms with E-state index in [2.05, 4.69) is 38.2 Å². The van der Waals surface area contributed by atoms with Gasteiger partial charge in [-0.15, -0.1) is 0 Å². The third-order valence-electron chi connectivity index (χ3n) is 7.81. The first-order chi connectivity index (χ1) is 22.8. The first-order valence-corrected chi connectivity index (χ1v) is 20.3. The Balaban J connectivity index is 4.25. The summed E-state index contributed by atoms with van der Waals surface area (Å²) in [7, 11) is -4.37. The number of hydrogen-bond acceptors (Lipinski definition) is 8. The minimum atomic E-state index is -4.37. The third kappa shape index (κ3) is 34.2. The Bertz CT molecular complexity index is 835. The minimum absolute atomic E-state index is 0.0516. The average Bonchev–Trinajstić information content (AvgIpc) is 3.05. The van der Waals surface area contributed by atoms with E-state index in [4.69, 9.17) is 24.3 Å². The number of ether oxygens (including phenoxy) is 2. The van der Waals surface area contributed by atoms with Gasteiger partial charge in [0.15, 0.2) is 6.10 Å². The Morgan fingerprint density at radius 3 is 1.57 bits per heavy atom. The van der Waals surface area contributed by atoms with Crippen molar-refractivity contribution in [1.82, 2.24) is 0 Å². The number of allylic oxidation sites excluding steroid dienone is 4. The second kappa shape index (κ2) is 34.4. The molecule has 0 fully saturated rings. The normalized spacial score (nSPS) is 13.7. The number of esters is 2. The lowest BCUT2D eigenvalue weighted by Crippen LogP contribution is -2.29. The second-order valence-corrected chi connectivity index (χ2v) is 13.9. The fourth-order valence-electron chi connectivity index (χ4n) is 4.96. The monoisotopic (exact) mass is 687 g/mol. The molecule has 0 amide bonds. The zero-order valence-corrected chi connectivity index (χ0v) is 30.9. The molecule has 0 rings (SSSR count). The van der Waals surface area contributed by atoms with Crippen LogP contribution in [-0.4, -0.2) is 49.3 Å². The standard InChI is InChI=1S/C37H70NO8P/c1-3-5-7-9-11-13-15-16-17-18-20-22-24-26-28-30-37(40)46-35(34-45-47(41,42)44-32-31-38)33-43-36(39)29-27-25-23-21-19-14-12-10-8-6-4-2/h10,12,16-17,35H,3-9,11,13-15,18-34,38H2,1-2H3,(H,41,42)/b12-10+,17-16+/t35-/m1/s1. The maximum atomic E-state index is 12.5. The van der Waals surface area contributed by atoms with Crippen molar-refractivity contribution >= 4 is 19.8 Å². The van der Waals surface area contributed by atoms with Crippen LogP contribution in [0, 0.1) is 0 Å². The van der Waals surface area contributed by atoms with Crippen molar-refractivity contribution in [3.05, 3.63) is 24.3 Å². The van der Waals surface area contributed by atoms with Crippen LogP contribution in [0.2, 0.25) is 0 Å². The van der Waals surface area contributed by atoms with Gasteiger partial charge in [-0.1, -0.05) is 122 Å². The molecule has 10 heteroatoms.